The van der Waals surface area contributed by atoms with E-state index in [-0.39, 0.29) is 11.7 Å². The number of hydrogen-bond donors (Lipinski definition) is 0. The van der Waals surface area contributed by atoms with Crippen molar-refractivity contribution in [2.75, 3.05) is 0 Å². The fourth-order valence-corrected chi connectivity index (χ4v) is 2.89. The minimum Gasteiger partial charge on any atom is -0.342 e. The van der Waals surface area contributed by atoms with Gasteiger partial charge in [0, 0.05) is 40.1 Å². The molecule has 0 amide bonds. The van der Waals surface area contributed by atoms with Crippen LogP contribution in [0.2, 0.25) is 5.02 Å². The predicted molar refractivity (Wildman–Crippen MR) is 91.7 cm³/mol. The number of carbonyl (C=O) groups excluding carboxylic acids is 1. The average molecular weight is 312 g/mol. The molecule has 0 saturated heterocycles. The molecule has 0 saturated carbocycles. The smallest absolute Gasteiger partial charge is 0.167 e. The van der Waals surface area contributed by atoms with E-state index in [1.54, 1.807) is 0 Å². The summed E-state index contributed by atoms with van der Waals surface area (Å²) in [6.45, 7) is 4.52. The van der Waals surface area contributed by atoms with Crippen LogP contribution in [0, 0.1) is 5.92 Å². The third-order valence-corrected chi connectivity index (χ3v) is 4.25. The lowest BCUT2D eigenvalue weighted by molar-refractivity contribution is 0.0941. The Morgan fingerprint density at radius 2 is 1.77 bits per heavy atom. The summed E-state index contributed by atoms with van der Waals surface area (Å²) >= 11 is 6.26. The van der Waals surface area contributed by atoms with Gasteiger partial charge >= 0.3 is 0 Å². The zero-order valence-corrected chi connectivity index (χ0v) is 13.5. The Balaban J connectivity index is 2.11. The van der Waals surface area contributed by atoms with Gasteiger partial charge in [0.15, 0.2) is 5.78 Å². The van der Waals surface area contributed by atoms with Gasteiger partial charge in [-0.25, -0.2) is 0 Å². The summed E-state index contributed by atoms with van der Waals surface area (Å²) in [4.78, 5) is 12.5. The summed E-state index contributed by atoms with van der Waals surface area (Å²) in [5.74, 6) is 0.161. The number of hydrogen-bond acceptors (Lipinski definition) is 1. The number of rotatable bonds is 4. The molecule has 22 heavy (non-hydrogen) atoms. The molecule has 0 aliphatic rings. The molecule has 3 heteroatoms. The molecule has 0 unspecified atom stereocenters. The first-order valence-electron chi connectivity index (χ1n) is 7.43. The van der Waals surface area contributed by atoms with Crippen LogP contribution in [0.1, 0.15) is 29.8 Å². The molecule has 3 rings (SSSR count). The van der Waals surface area contributed by atoms with Crippen molar-refractivity contribution >= 4 is 28.3 Å². The summed E-state index contributed by atoms with van der Waals surface area (Å²) < 4.78 is 2.10. The number of nitrogens with zero attached hydrogens (tertiary/aromatic N) is 1. The Hall–Kier alpha value is -2.06. The summed E-state index contributed by atoms with van der Waals surface area (Å²) in [5.41, 5.74) is 2.90. The lowest BCUT2D eigenvalue weighted by Gasteiger charge is -2.07. The summed E-state index contributed by atoms with van der Waals surface area (Å²) in [7, 11) is 0. The molecule has 0 atom stereocenters. The van der Waals surface area contributed by atoms with Crippen LogP contribution in [0.5, 0.6) is 0 Å². The molecule has 2 aromatic carbocycles. The van der Waals surface area contributed by atoms with Crippen LogP contribution < -0.4 is 0 Å². The van der Waals surface area contributed by atoms with E-state index in [1.807, 2.05) is 68.6 Å². The molecule has 2 nitrogen and oxygen atoms in total. The number of halogens is 1. The van der Waals surface area contributed by atoms with E-state index in [0.29, 0.717) is 6.54 Å². The monoisotopic (exact) mass is 311 g/mol. The maximum atomic E-state index is 12.5. The number of carbonyl (C=O) groups is 1. The highest BCUT2D eigenvalue weighted by Crippen LogP contribution is 2.26. The summed E-state index contributed by atoms with van der Waals surface area (Å²) in [6, 6.07) is 15.8. The van der Waals surface area contributed by atoms with Gasteiger partial charge in [0.1, 0.15) is 0 Å². The molecular weight excluding hydrogens is 294 g/mol. The Morgan fingerprint density at radius 1 is 1.09 bits per heavy atom. The minimum absolute atomic E-state index is 0.0143. The molecule has 3 aromatic rings. The maximum absolute atomic E-state index is 12.5. The van der Waals surface area contributed by atoms with Gasteiger partial charge in [-0.2, -0.15) is 0 Å². The lowest BCUT2D eigenvalue weighted by atomic mass is 10.0. The molecule has 0 bridgehead atoms. The van der Waals surface area contributed by atoms with E-state index in [1.165, 1.54) is 0 Å². The van der Waals surface area contributed by atoms with Gasteiger partial charge in [-0.3, -0.25) is 4.79 Å². The Bertz CT molecular complexity index is 832. The third-order valence-electron chi connectivity index (χ3n) is 3.88. The Morgan fingerprint density at radius 3 is 2.50 bits per heavy atom. The van der Waals surface area contributed by atoms with Crippen LogP contribution in [0.3, 0.4) is 0 Å². The molecule has 1 aromatic heterocycles. The summed E-state index contributed by atoms with van der Waals surface area (Å²) in [6.07, 6.45) is 1.95. The van der Waals surface area contributed by atoms with E-state index in [9.17, 15) is 4.79 Å². The van der Waals surface area contributed by atoms with Crippen molar-refractivity contribution in [3.63, 3.8) is 0 Å². The van der Waals surface area contributed by atoms with Crippen molar-refractivity contribution in [1.82, 2.24) is 4.57 Å². The normalized spacial score (nSPS) is 11.3. The van der Waals surface area contributed by atoms with Crippen molar-refractivity contribution < 1.29 is 4.79 Å². The van der Waals surface area contributed by atoms with Crippen molar-refractivity contribution in [2.24, 2.45) is 5.92 Å². The number of aromatic nitrogens is 1. The number of para-hydroxylation sites is 1. The second-order valence-electron chi connectivity index (χ2n) is 5.80. The predicted octanol–water partition coefficient (Wildman–Crippen LogP) is 5.18. The lowest BCUT2D eigenvalue weighted by Crippen LogP contribution is -2.06. The average Bonchev–Trinajstić information content (AvgIpc) is 2.88. The highest BCUT2D eigenvalue weighted by atomic mass is 35.5. The first-order valence-corrected chi connectivity index (χ1v) is 7.81. The standard InChI is InChI=1S/C19H18ClNO/c1-13(2)19(22)16-12-21(18-10-6-4-8-15(16)18)11-14-7-3-5-9-17(14)20/h3-10,12-13H,11H2,1-2H3. The molecule has 0 spiro atoms. The van der Waals surface area contributed by atoms with Crippen LogP contribution in [-0.4, -0.2) is 10.4 Å². The van der Waals surface area contributed by atoms with Gasteiger partial charge in [0.25, 0.3) is 0 Å². The van der Waals surface area contributed by atoms with E-state index >= 15 is 0 Å². The first-order chi connectivity index (χ1) is 10.6. The second kappa shape index (κ2) is 5.98. The van der Waals surface area contributed by atoms with Gasteiger partial charge in [-0.1, -0.05) is 61.8 Å². The molecule has 0 N–H and O–H groups in total. The zero-order chi connectivity index (χ0) is 15.7. The fourth-order valence-electron chi connectivity index (χ4n) is 2.70. The molecule has 0 aliphatic carbocycles. The fraction of sp³-hybridized carbons (Fsp3) is 0.211. The van der Waals surface area contributed by atoms with Crippen molar-refractivity contribution in [3.8, 4) is 0 Å². The quantitative estimate of drug-likeness (QED) is 0.608. The van der Waals surface area contributed by atoms with Gasteiger partial charge in [-0.15, -0.1) is 0 Å². The van der Waals surface area contributed by atoms with Crippen LogP contribution in [0.15, 0.2) is 54.7 Å². The summed E-state index contributed by atoms with van der Waals surface area (Å²) in [5, 5.41) is 1.75. The van der Waals surface area contributed by atoms with E-state index in [2.05, 4.69) is 4.57 Å². The molecule has 0 aliphatic heterocycles. The highest BCUT2D eigenvalue weighted by molar-refractivity contribution is 6.31. The maximum Gasteiger partial charge on any atom is 0.167 e. The van der Waals surface area contributed by atoms with Gasteiger partial charge < -0.3 is 4.57 Å². The molecule has 1 heterocycles. The minimum atomic E-state index is -0.0143. The zero-order valence-electron chi connectivity index (χ0n) is 12.7. The van der Waals surface area contributed by atoms with Crippen molar-refractivity contribution in [3.05, 3.63) is 70.9 Å². The van der Waals surface area contributed by atoms with Crippen LogP contribution in [0.25, 0.3) is 10.9 Å². The van der Waals surface area contributed by atoms with E-state index in [4.69, 9.17) is 11.6 Å². The number of ketones is 1. The Labute approximate surface area is 135 Å². The first kappa shape index (κ1) is 14.9. The van der Waals surface area contributed by atoms with Gasteiger partial charge in [0.05, 0.1) is 0 Å². The van der Waals surface area contributed by atoms with Crippen molar-refractivity contribution in [1.29, 1.82) is 0 Å². The van der Waals surface area contributed by atoms with Crippen LogP contribution in [-0.2, 0) is 6.54 Å². The molecule has 112 valence electrons. The molecule has 0 radical (unpaired) electrons. The topological polar surface area (TPSA) is 22.0 Å². The molecule has 0 fully saturated rings. The number of Topliss-reactive ketones (excluding diaryl/α,β-unsaturated/α-hetero) is 1. The van der Waals surface area contributed by atoms with Crippen molar-refractivity contribution in [2.45, 2.75) is 20.4 Å². The third kappa shape index (κ3) is 2.67. The Kier molecular flexibility index (Phi) is 4.04. The highest BCUT2D eigenvalue weighted by Gasteiger charge is 2.17. The molecular formula is C19H18ClNO. The van der Waals surface area contributed by atoms with E-state index in [0.717, 1.165) is 27.1 Å². The number of benzene rings is 2. The number of fused-ring (bicyclic) bond motifs is 1. The SMILES string of the molecule is CC(C)C(=O)c1cn(Cc2ccccc2Cl)c2ccccc12. The second-order valence-corrected chi connectivity index (χ2v) is 6.21. The van der Waals surface area contributed by atoms with E-state index < -0.39 is 0 Å². The van der Waals surface area contributed by atoms with Gasteiger partial charge in [0.2, 0.25) is 0 Å². The largest absolute Gasteiger partial charge is 0.342 e. The van der Waals surface area contributed by atoms with Crippen LogP contribution in [0.4, 0.5) is 0 Å². The van der Waals surface area contributed by atoms with Crippen LogP contribution >= 0.6 is 11.6 Å². The van der Waals surface area contributed by atoms with Gasteiger partial charge in [-0.05, 0) is 17.7 Å².